The number of hydrogen-bond acceptors (Lipinski definition) is 3. The molecule has 1 N–H and O–H groups in total. The Balaban J connectivity index is 1.19. The summed E-state index contributed by atoms with van der Waals surface area (Å²) in [7, 11) is 0. The Morgan fingerprint density at radius 2 is 1.16 bits per heavy atom. The number of thiol groups is 1. The van der Waals surface area contributed by atoms with Crippen LogP contribution in [0.2, 0.25) is 0 Å². The van der Waals surface area contributed by atoms with Crippen molar-refractivity contribution in [2.24, 2.45) is 29.6 Å². The molecule has 0 aromatic heterocycles. The van der Waals surface area contributed by atoms with Crippen molar-refractivity contribution in [1.82, 2.24) is 0 Å². The lowest BCUT2D eigenvalue weighted by atomic mass is 9.70. The van der Waals surface area contributed by atoms with Crippen molar-refractivity contribution in [3.63, 3.8) is 0 Å². The van der Waals surface area contributed by atoms with Gasteiger partial charge in [0.05, 0.1) is 18.1 Å². The number of hydrogen-bond donors (Lipinski definition) is 2. The third-order valence-corrected chi connectivity index (χ3v) is 9.66. The van der Waals surface area contributed by atoms with Gasteiger partial charge in [0.1, 0.15) is 6.17 Å². The molecule has 2 nitrogen and oxygen atoms in total. The van der Waals surface area contributed by atoms with Gasteiger partial charge in [-0.2, -0.15) is 21.4 Å². The highest BCUT2D eigenvalue weighted by molar-refractivity contribution is 7.80. The SMILES string of the molecule is OC1CC(C2CCC(OC(F)(F)C3CCC(C4CCC(S)CC4)CC3)CC2)CCC1F. The molecular formula is C25H41F3O2S. The Kier molecular flexibility index (Phi) is 8.23. The summed E-state index contributed by atoms with van der Waals surface area (Å²) in [5.41, 5.74) is 0. The van der Waals surface area contributed by atoms with Crippen molar-refractivity contribution in [2.45, 2.75) is 126 Å². The number of aliphatic hydroxyl groups is 1. The van der Waals surface area contributed by atoms with Gasteiger partial charge in [0.25, 0.3) is 0 Å². The van der Waals surface area contributed by atoms with Gasteiger partial charge >= 0.3 is 6.11 Å². The summed E-state index contributed by atoms with van der Waals surface area (Å²) in [5, 5.41) is 10.4. The highest BCUT2D eigenvalue weighted by Crippen LogP contribution is 2.47. The molecular weight excluding hydrogens is 421 g/mol. The van der Waals surface area contributed by atoms with E-state index in [1.165, 1.54) is 25.7 Å². The second-order valence-corrected chi connectivity index (χ2v) is 11.8. The van der Waals surface area contributed by atoms with Crippen LogP contribution >= 0.6 is 12.6 Å². The van der Waals surface area contributed by atoms with E-state index in [4.69, 9.17) is 4.74 Å². The average molecular weight is 463 g/mol. The molecule has 0 amide bonds. The minimum Gasteiger partial charge on any atom is -0.390 e. The molecule has 0 aliphatic heterocycles. The van der Waals surface area contributed by atoms with Crippen LogP contribution in [0.1, 0.15) is 96.3 Å². The fourth-order valence-corrected chi connectivity index (χ4v) is 7.36. The van der Waals surface area contributed by atoms with Gasteiger partial charge in [-0.05, 0) is 120 Å². The first-order valence-electron chi connectivity index (χ1n) is 12.9. The van der Waals surface area contributed by atoms with E-state index in [-0.39, 0.29) is 6.10 Å². The predicted molar refractivity (Wildman–Crippen MR) is 120 cm³/mol. The maximum atomic E-state index is 15.0. The third kappa shape index (κ3) is 6.15. The highest BCUT2D eigenvalue weighted by Gasteiger charge is 2.46. The van der Waals surface area contributed by atoms with Gasteiger partial charge in [0.15, 0.2) is 0 Å². The third-order valence-electron chi connectivity index (χ3n) is 9.14. The van der Waals surface area contributed by atoms with Gasteiger partial charge in [-0.1, -0.05) is 0 Å². The summed E-state index contributed by atoms with van der Waals surface area (Å²) in [6.07, 6.45) is 7.23. The zero-order chi connectivity index (χ0) is 22.0. The normalized spacial score (nSPS) is 45.4. The standard InChI is InChI=1S/C25H41F3O2S/c26-23-14-7-19(15-24(23)29)18-3-10-21(11-4-18)30-25(27,28)20-8-1-16(2-9-20)17-5-12-22(31)13-6-17/h16-24,29,31H,1-15H2. The summed E-state index contributed by atoms with van der Waals surface area (Å²) in [6.45, 7) is 0. The van der Waals surface area contributed by atoms with Crippen molar-refractivity contribution < 1.29 is 23.0 Å². The van der Waals surface area contributed by atoms with Gasteiger partial charge in [-0.3, -0.25) is 0 Å². The molecule has 0 heterocycles. The monoisotopic (exact) mass is 462 g/mol. The average Bonchev–Trinajstić information content (AvgIpc) is 2.77. The fraction of sp³-hybridized carbons (Fsp3) is 1.00. The van der Waals surface area contributed by atoms with Crippen LogP contribution in [0.3, 0.4) is 0 Å². The van der Waals surface area contributed by atoms with Crippen molar-refractivity contribution >= 4 is 12.6 Å². The highest BCUT2D eigenvalue weighted by atomic mass is 32.1. The van der Waals surface area contributed by atoms with Gasteiger partial charge < -0.3 is 9.84 Å². The van der Waals surface area contributed by atoms with Crippen LogP contribution in [-0.4, -0.2) is 34.8 Å². The summed E-state index contributed by atoms with van der Waals surface area (Å²) >= 11 is 4.58. The molecule has 4 fully saturated rings. The molecule has 180 valence electrons. The largest absolute Gasteiger partial charge is 0.390 e. The topological polar surface area (TPSA) is 29.5 Å². The van der Waals surface area contributed by atoms with Crippen LogP contribution in [0, 0.1) is 29.6 Å². The van der Waals surface area contributed by atoms with Gasteiger partial charge in [-0.25, -0.2) is 4.39 Å². The summed E-state index contributed by atoms with van der Waals surface area (Å²) < 4.78 is 48.9. The molecule has 3 atom stereocenters. The quantitative estimate of drug-likeness (QED) is 0.433. The van der Waals surface area contributed by atoms with E-state index >= 15 is 0 Å². The lowest BCUT2D eigenvalue weighted by Gasteiger charge is -2.41. The van der Waals surface area contributed by atoms with Crippen LogP contribution in [0.4, 0.5) is 13.2 Å². The van der Waals surface area contributed by atoms with E-state index in [1.807, 2.05) is 0 Å². The molecule has 0 bridgehead atoms. The lowest BCUT2D eigenvalue weighted by Crippen LogP contribution is -2.41. The lowest BCUT2D eigenvalue weighted by molar-refractivity contribution is -0.302. The van der Waals surface area contributed by atoms with E-state index in [1.54, 1.807) is 0 Å². The van der Waals surface area contributed by atoms with E-state index < -0.39 is 24.3 Å². The Morgan fingerprint density at radius 1 is 0.677 bits per heavy atom. The molecule has 0 aromatic carbocycles. The van der Waals surface area contributed by atoms with Gasteiger partial charge in [-0.15, -0.1) is 0 Å². The second-order valence-electron chi connectivity index (χ2n) is 11.1. The van der Waals surface area contributed by atoms with Gasteiger partial charge in [0.2, 0.25) is 0 Å². The zero-order valence-electron chi connectivity index (χ0n) is 18.7. The summed E-state index contributed by atoms with van der Waals surface area (Å²) in [6, 6.07) is 0. The Morgan fingerprint density at radius 3 is 1.74 bits per heavy atom. The first-order chi connectivity index (χ1) is 14.8. The first-order valence-corrected chi connectivity index (χ1v) is 13.4. The molecule has 3 unspecified atom stereocenters. The zero-order valence-corrected chi connectivity index (χ0v) is 19.6. The van der Waals surface area contributed by atoms with Gasteiger partial charge in [0, 0.05) is 5.25 Å². The number of alkyl halides is 3. The molecule has 31 heavy (non-hydrogen) atoms. The number of rotatable bonds is 5. The molecule has 6 heteroatoms. The molecule has 4 aliphatic carbocycles. The van der Waals surface area contributed by atoms with Crippen LogP contribution < -0.4 is 0 Å². The van der Waals surface area contributed by atoms with Crippen LogP contribution in [0.5, 0.6) is 0 Å². The number of halogens is 3. The Hall–Kier alpha value is 0.0600. The van der Waals surface area contributed by atoms with Crippen molar-refractivity contribution in [3.8, 4) is 0 Å². The van der Waals surface area contributed by atoms with Crippen molar-refractivity contribution in [3.05, 3.63) is 0 Å². The van der Waals surface area contributed by atoms with Crippen LogP contribution in [0.15, 0.2) is 0 Å². The second kappa shape index (κ2) is 10.5. The van der Waals surface area contributed by atoms with Crippen molar-refractivity contribution in [2.75, 3.05) is 0 Å². The van der Waals surface area contributed by atoms with E-state index in [2.05, 4.69) is 12.6 Å². The summed E-state index contributed by atoms with van der Waals surface area (Å²) in [5.74, 6) is 1.42. The van der Waals surface area contributed by atoms with Crippen LogP contribution in [0.25, 0.3) is 0 Å². The molecule has 4 rings (SSSR count). The van der Waals surface area contributed by atoms with Crippen LogP contribution in [-0.2, 0) is 4.74 Å². The molecule has 0 radical (unpaired) electrons. The van der Waals surface area contributed by atoms with Crippen molar-refractivity contribution in [1.29, 1.82) is 0 Å². The minimum absolute atomic E-state index is 0.330. The predicted octanol–water partition coefficient (Wildman–Crippen LogP) is 6.95. The van der Waals surface area contributed by atoms with E-state index in [0.717, 1.165) is 32.1 Å². The Bertz CT molecular complexity index is 553. The molecule has 0 saturated heterocycles. The fourth-order valence-electron chi connectivity index (χ4n) is 7.07. The maximum absolute atomic E-state index is 15.0. The Labute approximate surface area is 191 Å². The smallest absolute Gasteiger partial charge is 0.358 e. The molecule has 4 aliphatic rings. The molecule has 4 saturated carbocycles. The summed E-state index contributed by atoms with van der Waals surface area (Å²) in [4.78, 5) is 0. The number of ether oxygens (including phenoxy) is 1. The minimum atomic E-state index is -3.02. The first kappa shape index (κ1) is 24.2. The maximum Gasteiger partial charge on any atom is 0.358 e. The molecule has 0 spiro atoms. The number of aliphatic hydroxyl groups excluding tert-OH is 1. The van der Waals surface area contributed by atoms with E-state index in [9.17, 15) is 18.3 Å². The molecule has 0 aromatic rings. The van der Waals surface area contributed by atoms with E-state index in [0.29, 0.717) is 67.4 Å².